The van der Waals surface area contributed by atoms with Crippen molar-refractivity contribution in [3.8, 4) is 0 Å². The first-order chi connectivity index (χ1) is 16.0. The molecule has 1 aliphatic heterocycles. The van der Waals surface area contributed by atoms with Gasteiger partial charge in [0.2, 0.25) is 11.9 Å². The number of hydrogen-bond donors (Lipinski definition) is 3. The van der Waals surface area contributed by atoms with Crippen molar-refractivity contribution in [3.63, 3.8) is 0 Å². The molecule has 10 nitrogen and oxygen atoms in total. The van der Waals surface area contributed by atoms with Crippen molar-refractivity contribution in [2.45, 2.75) is 6.54 Å². The number of hydrogen-bond acceptors (Lipinski definition) is 8. The maximum atomic E-state index is 11.5. The Morgan fingerprint density at radius 1 is 1.24 bits per heavy atom. The van der Waals surface area contributed by atoms with Crippen molar-refractivity contribution >= 4 is 46.5 Å². The maximum absolute atomic E-state index is 11.5. The number of aryl methyl sites for hydroxylation is 1. The van der Waals surface area contributed by atoms with Crippen LogP contribution in [0.1, 0.15) is 5.69 Å². The quantitative estimate of drug-likeness (QED) is 0.432. The topological polar surface area (TPSA) is 109 Å². The molecule has 3 aromatic rings. The van der Waals surface area contributed by atoms with Gasteiger partial charge in [-0.05, 0) is 24.3 Å². The summed E-state index contributed by atoms with van der Waals surface area (Å²) in [5, 5.41) is 13.9. The first-order valence-corrected chi connectivity index (χ1v) is 10.8. The van der Waals surface area contributed by atoms with Crippen molar-refractivity contribution in [2.75, 3.05) is 42.3 Å². The molecule has 1 saturated heterocycles. The molecule has 0 aliphatic carbocycles. The van der Waals surface area contributed by atoms with Crippen molar-refractivity contribution in [3.05, 3.63) is 59.9 Å². The number of rotatable bonds is 8. The van der Waals surface area contributed by atoms with E-state index in [1.165, 1.54) is 12.3 Å². The second-order valence-corrected chi connectivity index (χ2v) is 7.85. The average molecular weight is 469 g/mol. The molecular weight excluding hydrogens is 444 g/mol. The molecular formula is C22H25ClN8O2. The van der Waals surface area contributed by atoms with E-state index in [0.29, 0.717) is 34.0 Å². The number of halogens is 1. The minimum atomic E-state index is -0.290. The van der Waals surface area contributed by atoms with E-state index in [0.717, 1.165) is 38.5 Å². The lowest BCUT2D eigenvalue weighted by molar-refractivity contribution is -0.111. The zero-order valence-electron chi connectivity index (χ0n) is 18.2. The van der Waals surface area contributed by atoms with E-state index >= 15 is 0 Å². The van der Waals surface area contributed by atoms with Crippen LogP contribution in [0.5, 0.6) is 0 Å². The lowest BCUT2D eigenvalue weighted by Gasteiger charge is -2.26. The monoisotopic (exact) mass is 468 g/mol. The largest absolute Gasteiger partial charge is 0.379 e. The molecule has 3 N–H and O–H groups in total. The van der Waals surface area contributed by atoms with E-state index in [-0.39, 0.29) is 5.91 Å². The summed E-state index contributed by atoms with van der Waals surface area (Å²) in [5.74, 6) is 1.13. The highest BCUT2D eigenvalue weighted by molar-refractivity contribution is 6.32. The Kier molecular flexibility index (Phi) is 7.18. The Bertz CT molecular complexity index is 1140. The summed E-state index contributed by atoms with van der Waals surface area (Å²) in [4.78, 5) is 22.6. The number of amides is 1. The highest BCUT2D eigenvalue weighted by Gasteiger charge is 2.15. The number of aromatic nitrogens is 4. The molecule has 1 fully saturated rings. The van der Waals surface area contributed by atoms with Gasteiger partial charge in [0.15, 0.2) is 11.6 Å². The summed E-state index contributed by atoms with van der Waals surface area (Å²) in [6.07, 6.45) is 2.73. The summed E-state index contributed by atoms with van der Waals surface area (Å²) in [7, 11) is 1.91. The number of carbonyl (C=O) groups is 1. The van der Waals surface area contributed by atoms with E-state index in [1.807, 2.05) is 23.9 Å². The Labute approximate surface area is 196 Å². The van der Waals surface area contributed by atoms with Crippen molar-refractivity contribution in [1.29, 1.82) is 0 Å². The first-order valence-electron chi connectivity index (χ1n) is 10.4. The van der Waals surface area contributed by atoms with E-state index in [4.69, 9.17) is 16.3 Å². The van der Waals surface area contributed by atoms with Crippen LogP contribution in [0.25, 0.3) is 0 Å². The molecule has 1 aromatic carbocycles. The lowest BCUT2D eigenvalue weighted by Crippen LogP contribution is -2.36. The fraction of sp³-hybridized carbons (Fsp3) is 0.273. The normalized spacial score (nSPS) is 14.0. The van der Waals surface area contributed by atoms with Gasteiger partial charge in [-0.25, -0.2) is 4.98 Å². The van der Waals surface area contributed by atoms with E-state index in [2.05, 4.69) is 42.5 Å². The minimum absolute atomic E-state index is 0.290. The van der Waals surface area contributed by atoms with Crippen LogP contribution < -0.4 is 16.0 Å². The van der Waals surface area contributed by atoms with Gasteiger partial charge >= 0.3 is 0 Å². The molecule has 11 heteroatoms. The van der Waals surface area contributed by atoms with Crippen molar-refractivity contribution < 1.29 is 9.53 Å². The molecule has 3 heterocycles. The predicted octanol–water partition coefficient (Wildman–Crippen LogP) is 3.31. The molecule has 1 amide bonds. The molecule has 2 aromatic heterocycles. The minimum Gasteiger partial charge on any atom is -0.379 e. The molecule has 172 valence electrons. The zero-order chi connectivity index (χ0) is 23.2. The second-order valence-electron chi connectivity index (χ2n) is 7.45. The molecule has 0 bridgehead atoms. The molecule has 4 rings (SSSR count). The Morgan fingerprint density at radius 2 is 2.03 bits per heavy atom. The van der Waals surface area contributed by atoms with Crippen LogP contribution in [0, 0.1) is 0 Å². The van der Waals surface area contributed by atoms with Gasteiger partial charge in [-0.15, -0.1) is 0 Å². The second kappa shape index (κ2) is 10.4. The fourth-order valence-corrected chi connectivity index (χ4v) is 3.48. The zero-order valence-corrected chi connectivity index (χ0v) is 19.0. The highest BCUT2D eigenvalue weighted by atomic mass is 35.5. The van der Waals surface area contributed by atoms with E-state index < -0.39 is 0 Å². The molecule has 0 saturated carbocycles. The molecule has 0 atom stereocenters. The van der Waals surface area contributed by atoms with Crippen molar-refractivity contribution in [2.24, 2.45) is 7.05 Å². The Hall–Kier alpha value is -3.47. The van der Waals surface area contributed by atoms with Gasteiger partial charge in [0.05, 0.1) is 25.1 Å². The molecule has 0 unspecified atom stereocenters. The first kappa shape index (κ1) is 22.7. The van der Waals surface area contributed by atoms with Gasteiger partial charge in [0, 0.05) is 44.1 Å². The summed E-state index contributed by atoms with van der Waals surface area (Å²) in [5.41, 5.74) is 2.40. The van der Waals surface area contributed by atoms with Gasteiger partial charge in [0.1, 0.15) is 5.02 Å². The third kappa shape index (κ3) is 6.07. The number of nitrogens with zero attached hydrogens (tertiary/aromatic N) is 5. The van der Waals surface area contributed by atoms with Crippen LogP contribution in [0.3, 0.4) is 0 Å². The van der Waals surface area contributed by atoms with Gasteiger partial charge in [-0.1, -0.05) is 24.2 Å². The third-order valence-electron chi connectivity index (χ3n) is 5.03. The number of nitrogens with one attached hydrogen (secondary N) is 3. The van der Waals surface area contributed by atoms with Gasteiger partial charge < -0.3 is 20.7 Å². The SMILES string of the molecule is C=CC(=O)Nc1cccc(Nc2nc(Nc3cc(CN4CCOCC4)n(C)n3)ncc2Cl)c1. The van der Waals surface area contributed by atoms with E-state index in [9.17, 15) is 4.79 Å². The maximum Gasteiger partial charge on any atom is 0.247 e. The molecule has 0 spiro atoms. The summed E-state index contributed by atoms with van der Waals surface area (Å²) >= 11 is 6.30. The molecule has 33 heavy (non-hydrogen) atoms. The average Bonchev–Trinajstić information content (AvgIpc) is 3.15. The Morgan fingerprint density at radius 3 is 2.82 bits per heavy atom. The van der Waals surface area contributed by atoms with Gasteiger partial charge in [0.25, 0.3) is 0 Å². The number of benzene rings is 1. The van der Waals surface area contributed by atoms with Crippen LogP contribution in [0.15, 0.2) is 49.2 Å². The summed E-state index contributed by atoms with van der Waals surface area (Å²) in [6.45, 7) is 7.56. The smallest absolute Gasteiger partial charge is 0.247 e. The van der Waals surface area contributed by atoms with E-state index in [1.54, 1.807) is 18.2 Å². The van der Waals surface area contributed by atoms with Crippen molar-refractivity contribution in [1.82, 2.24) is 24.6 Å². The van der Waals surface area contributed by atoms with Crippen LogP contribution in [0.4, 0.5) is 29.0 Å². The van der Waals surface area contributed by atoms with Crippen LogP contribution in [-0.4, -0.2) is 56.9 Å². The summed E-state index contributed by atoms with van der Waals surface area (Å²) < 4.78 is 7.25. The molecule has 0 radical (unpaired) electrons. The van der Waals surface area contributed by atoms with Crippen LogP contribution >= 0.6 is 11.6 Å². The fourth-order valence-electron chi connectivity index (χ4n) is 3.34. The standard InChI is InChI=1S/C22H25ClN8O2/c1-3-20(32)25-15-5-4-6-16(11-15)26-21-18(23)13-24-22(28-21)27-19-12-17(30(2)29-19)14-31-7-9-33-10-8-31/h3-6,11-13H,1,7-10,14H2,2H3,(H,25,32)(H2,24,26,27,28,29). The Balaban J connectivity index is 1.45. The molecule has 1 aliphatic rings. The van der Waals surface area contributed by atoms with Crippen LogP contribution in [-0.2, 0) is 23.1 Å². The number of carbonyl (C=O) groups excluding carboxylic acids is 1. The summed E-state index contributed by atoms with van der Waals surface area (Å²) in [6, 6.07) is 9.16. The third-order valence-corrected chi connectivity index (χ3v) is 5.30. The van der Waals surface area contributed by atoms with Gasteiger partial charge in [-0.3, -0.25) is 14.4 Å². The predicted molar refractivity (Wildman–Crippen MR) is 128 cm³/mol. The lowest BCUT2D eigenvalue weighted by atomic mass is 10.2. The highest BCUT2D eigenvalue weighted by Crippen LogP contribution is 2.26. The number of ether oxygens (including phenoxy) is 1. The van der Waals surface area contributed by atoms with Crippen LogP contribution in [0.2, 0.25) is 5.02 Å². The number of morpholine rings is 1. The van der Waals surface area contributed by atoms with Gasteiger partial charge in [-0.2, -0.15) is 10.1 Å². The number of anilines is 5.